The van der Waals surface area contributed by atoms with Crippen LogP contribution in [-0.2, 0) is 13.0 Å². The highest BCUT2D eigenvalue weighted by molar-refractivity contribution is 5.82. The summed E-state index contributed by atoms with van der Waals surface area (Å²) in [5.41, 5.74) is 5.47. The van der Waals surface area contributed by atoms with E-state index in [-0.39, 0.29) is 0 Å². The standard InChI is InChI=1S/C25H28N10/c1-4-19-25-31-30-17(2)34(25)16-21(28-19)24-29-20-14-27-23(33-10-8-32(3)9-11-33)12-22(20)35(24)15-18-6-5-7-26-13-18/h5-7,12-14,16H,4,8-11,15H2,1-3H3. The molecule has 0 aliphatic carbocycles. The molecule has 1 fully saturated rings. The molecule has 0 saturated carbocycles. The molecule has 1 saturated heterocycles. The topological polar surface area (TPSA) is 93.2 Å². The SMILES string of the molecule is CCc1nc(-c2nc3cnc(N4CCN(C)CC4)cc3n2Cc2cccnc2)cn2c(C)nnc12. The number of aryl methyl sites for hydroxylation is 2. The van der Waals surface area contributed by atoms with Crippen LogP contribution in [0.4, 0.5) is 5.82 Å². The normalized spacial score (nSPS) is 14.9. The minimum Gasteiger partial charge on any atom is -0.354 e. The van der Waals surface area contributed by atoms with Crippen molar-refractivity contribution >= 4 is 22.5 Å². The number of imidazole rings is 1. The maximum Gasteiger partial charge on any atom is 0.182 e. The molecule has 6 heterocycles. The molecule has 6 rings (SSSR count). The fraction of sp³-hybridized carbons (Fsp3) is 0.360. The molecule has 5 aromatic rings. The zero-order valence-corrected chi connectivity index (χ0v) is 20.3. The lowest BCUT2D eigenvalue weighted by Gasteiger charge is -2.33. The number of piperazine rings is 1. The van der Waals surface area contributed by atoms with E-state index in [1.165, 1.54) is 0 Å². The molecule has 1 aliphatic heterocycles. The molecule has 5 aromatic heterocycles. The Bertz CT molecular complexity index is 1500. The van der Waals surface area contributed by atoms with Crippen LogP contribution in [0.3, 0.4) is 0 Å². The third kappa shape index (κ3) is 3.89. The number of hydrogen-bond acceptors (Lipinski definition) is 8. The van der Waals surface area contributed by atoms with E-state index in [1.807, 2.05) is 36.0 Å². The highest BCUT2D eigenvalue weighted by Crippen LogP contribution is 2.28. The number of hydrogen-bond donors (Lipinski definition) is 0. The molecule has 0 bridgehead atoms. The van der Waals surface area contributed by atoms with Crippen LogP contribution in [0.25, 0.3) is 28.2 Å². The summed E-state index contributed by atoms with van der Waals surface area (Å²) < 4.78 is 4.23. The Kier molecular flexibility index (Phi) is 5.37. The molecular formula is C25H28N10. The molecule has 35 heavy (non-hydrogen) atoms. The second-order valence-corrected chi connectivity index (χ2v) is 9.07. The van der Waals surface area contributed by atoms with E-state index >= 15 is 0 Å². The zero-order valence-electron chi connectivity index (χ0n) is 20.3. The number of nitrogens with zero attached hydrogens (tertiary/aromatic N) is 10. The Morgan fingerprint density at radius 1 is 1.03 bits per heavy atom. The van der Waals surface area contributed by atoms with Gasteiger partial charge in [-0.05, 0) is 32.0 Å². The van der Waals surface area contributed by atoms with Gasteiger partial charge in [-0.3, -0.25) is 9.38 Å². The van der Waals surface area contributed by atoms with E-state index < -0.39 is 0 Å². The quantitative estimate of drug-likeness (QED) is 0.389. The molecule has 0 N–H and O–H groups in total. The van der Waals surface area contributed by atoms with Gasteiger partial charge in [0.05, 0.1) is 24.0 Å². The van der Waals surface area contributed by atoms with Crippen molar-refractivity contribution in [3.8, 4) is 11.5 Å². The van der Waals surface area contributed by atoms with Gasteiger partial charge in [-0.25, -0.2) is 15.0 Å². The number of pyridine rings is 2. The summed E-state index contributed by atoms with van der Waals surface area (Å²) in [5.74, 6) is 2.61. The van der Waals surface area contributed by atoms with Crippen LogP contribution >= 0.6 is 0 Å². The van der Waals surface area contributed by atoms with Crippen LogP contribution in [0.1, 0.15) is 24.0 Å². The Morgan fingerprint density at radius 2 is 1.89 bits per heavy atom. The summed E-state index contributed by atoms with van der Waals surface area (Å²) in [4.78, 5) is 23.8. The summed E-state index contributed by atoms with van der Waals surface area (Å²) in [6.07, 6.45) is 8.32. The van der Waals surface area contributed by atoms with E-state index in [4.69, 9.17) is 15.0 Å². The number of aromatic nitrogens is 8. The molecule has 1 aliphatic rings. The van der Waals surface area contributed by atoms with Crippen LogP contribution in [0.5, 0.6) is 0 Å². The van der Waals surface area contributed by atoms with Crippen molar-refractivity contribution in [2.45, 2.75) is 26.8 Å². The predicted molar refractivity (Wildman–Crippen MR) is 134 cm³/mol. The Morgan fingerprint density at radius 3 is 2.66 bits per heavy atom. The van der Waals surface area contributed by atoms with Gasteiger partial charge in [-0.15, -0.1) is 10.2 Å². The minimum absolute atomic E-state index is 0.633. The lowest BCUT2D eigenvalue weighted by molar-refractivity contribution is 0.312. The molecule has 0 radical (unpaired) electrons. The molecule has 10 nitrogen and oxygen atoms in total. The van der Waals surface area contributed by atoms with Gasteiger partial charge in [-0.1, -0.05) is 13.0 Å². The van der Waals surface area contributed by atoms with E-state index in [2.05, 4.69) is 55.7 Å². The summed E-state index contributed by atoms with van der Waals surface area (Å²) >= 11 is 0. The van der Waals surface area contributed by atoms with Gasteiger partial charge >= 0.3 is 0 Å². The highest BCUT2D eigenvalue weighted by atomic mass is 15.3. The number of rotatable bonds is 5. The van der Waals surface area contributed by atoms with Gasteiger partial charge in [0.1, 0.15) is 22.9 Å². The van der Waals surface area contributed by atoms with Gasteiger partial charge in [0.25, 0.3) is 0 Å². The fourth-order valence-electron chi connectivity index (χ4n) is 4.67. The molecule has 10 heteroatoms. The Balaban J connectivity index is 1.52. The zero-order chi connectivity index (χ0) is 23.9. The Hall–Kier alpha value is -3.92. The van der Waals surface area contributed by atoms with Crippen LogP contribution in [0.2, 0.25) is 0 Å². The molecule has 178 valence electrons. The van der Waals surface area contributed by atoms with Gasteiger partial charge in [-0.2, -0.15) is 0 Å². The first-order valence-electron chi connectivity index (χ1n) is 12.0. The largest absolute Gasteiger partial charge is 0.354 e. The van der Waals surface area contributed by atoms with Crippen LogP contribution in [0.15, 0.2) is 43.0 Å². The fourth-order valence-corrected chi connectivity index (χ4v) is 4.67. The van der Waals surface area contributed by atoms with Crippen molar-refractivity contribution in [2.24, 2.45) is 0 Å². The first kappa shape index (κ1) is 21.6. The number of anilines is 1. The van der Waals surface area contributed by atoms with E-state index in [0.29, 0.717) is 6.54 Å². The third-order valence-corrected chi connectivity index (χ3v) is 6.71. The molecule has 0 amide bonds. The number of fused-ring (bicyclic) bond motifs is 2. The average Bonchev–Trinajstić information content (AvgIpc) is 3.44. The molecule has 0 spiro atoms. The van der Waals surface area contributed by atoms with E-state index in [1.54, 1.807) is 6.20 Å². The average molecular weight is 469 g/mol. The maximum atomic E-state index is 5.01. The van der Waals surface area contributed by atoms with Gasteiger partial charge in [0.15, 0.2) is 11.5 Å². The minimum atomic E-state index is 0.633. The smallest absolute Gasteiger partial charge is 0.182 e. The second-order valence-electron chi connectivity index (χ2n) is 9.07. The van der Waals surface area contributed by atoms with Crippen molar-refractivity contribution in [3.63, 3.8) is 0 Å². The van der Waals surface area contributed by atoms with Crippen LogP contribution in [0, 0.1) is 6.92 Å². The van der Waals surface area contributed by atoms with Gasteiger partial charge < -0.3 is 14.4 Å². The summed E-state index contributed by atoms with van der Waals surface area (Å²) in [6, 6.07) is 6.21. The Labute approximate surface area is 203 Å². The van der Waals surface area contributed by atoms with Gasteiger partial charge in [0, 0.05) is 50.8 Å². The summed E-state index contributed by atoms with van der Waals surface area (Å²) in [7, 11) is 2.16. The first-order valence-corrected chi connectivity index (χ1v) is 12.0. The van der Waals surface area contributed by atoms with Crippen molar-refractivity contribution in [1.29, 1.82) is 0 Å². The third-order valence-electron chi connectivity index (χ3n) is 6.71. The monoisotopic (exact) mass is 468 g/mol. The van der Waals surface area contributed by atoms with Gasteiger partial charge in [0.2, 0.25) is 0 Å². The van der Waals surface area contributed by atoms with E-state index in [0.717, 1.165) is 83.7 Å². The molecule has 0 aromatic carbocycles. The predicted octanol–water partition coefficient (Wildman–Crippen LogP) is 2.60. The molecule has 0 atom stereocenters. The lowest BCUT2D eigenvalue weighted by Crippen LogP contribution is -2.44. The first-order chi connectivity index (χ1) is 17.1. The summed E-state index contributed by atoms with van der Waals surface area (Å²) in [6.45, 7) is 8.65. The van der Waals surface area contributed by atoms with Crippen molar-refractivity contribution in [2.75, 3.05) is 38.1 Å². The molecular weight excluding hydrogens is 440 g/mol. The second kappa shape index (κ2) is 8.70. The summed E-state index contributed by atoms with van der Waals surface area (Å²) in [5, 5.41) is 8.58. The van der Waals surface area contributed by atoms with Crippen LogP contribution in [-0.4, -0.2) is 77.2 Å². The highest BCUT2D eigenvalue weighted by Gasteiger charge is 2.21. The van der Waals surface area contributed by atoms with Crippen molar-refractivity contribution < 1.29 is 0 Å². The lowest BCUT2D eigenvalue weighted by atomic mass is 10.2. The number of likely N-dealkylation sites (N-methyl/N-ethyl adjacent to an activating group) is 1. The van der Waals surface area contributed by atoms with Crippen molar-refractivity contribution in [3.05, 3.63) is 60.1 Å². The maximum absolute atomic E-state index is 5.01. The van der Waals surface area contributed by atoms with Crippen molar-refractivity contribution in [1.82, 2.24) is 44.0 Å². The molecule has 0 unspecified atom stereocenters. The van der Waals surface area contributed by atoms with E-state index in [9.17, 15) is 0 Å². The van der Waals surface area contributed by atoms with Crippen LogP contribution < -0.4 is 4.90 Å².